The molecule has 0 unspecified atom stereocenters. The van der Waals surface area contributed by atoms with Gasteiger partial charge in [-0.15, -0.1) is 0 Å². The summed E-state index contributed by atoms with van der Waals surface area (Å²) < 4.78 is 44.5. The van der Waals surface area contributed by atoms with Crippen LogP contribution in [0.4, 0.5) is 19.4 Å². The van der Waals surface area contributed by atoms with Crippen molar-refractivity contribution in [1.82, 2.24) is 25.2 Å². The number of ether oxygens (including phenoxy) is 2. The number of pyridine rings is 1. The first-order chi connectivity index (χ1) is 24.2. The predicted molar refractivity (Wildman–Crippen MR) is 202 cm³/mol. The van der Waals surface area contributed by atoms with Gasteiger partial charge < -0.3 is 0 Å². The Labute approximate surface area is 315 Å². The molecular weight excluding hydrogens is 757 g/mol. The van der Waals surface area contributed by atoms with E-state index in [0.717, 1.165) is 90.0 Å². The molecule has 284 valence electrons. The van der Waals surface area contributed by atoms with E-state index in [4.69, 9.17) is 24.4 Å². The van der Waals surface area contributed by atoms with Crippen molar-refractivity contribution in [3.05, 3.63) is 12.0 Å². The molecule has 1 N–H and O–H groups in total. The molecule has 0 aromatic carbocycles. The van der Waals surface area contributed by atoms with Crippen LogP contribution in [0.3, 0.4) is 0 Å². The minimum absolute atomic E-state index is 0.115. The number of nitrogens with one attached hydrogen (secondary N) is 1. The van der Waals surface area contributed by atoms with Gasteiger partial charge in [0.05, 0.1) is 0 Å². The number of nitrogens with zero attached hydrogens (tertiary/aromatic N) is 5. The monoisotopic (exact) mass is 820 g/mol. The van der Waals surface area contributed by atoms with Crippen molar-refractivity contribution < 1.29 is 23.0 Å². The molecule has 3 fully saturated rings. The summed E-state index contributed by atoms with van der Waals surface area (Å²) in [7, 11) is 0. The Morgan fingerprint density at radius 2 is 1.71 bits per heavy atom. The molecule has 5 rings (SSSR count). The van der Waals surface area contributed by atoms with E-state index in [2.05, 4.69) is 35.9 Å². The van der Waals surface area contributed by atoms with E-state index < -0.39 is 44.5 Å². The molecule has 1 amide bonds. The first kappa shape index (κ1) is 40.2. The van der Waals surface area contributed by atoms with Gasteiger partial charge in [0.25, 0.3) is 0 Å². The molecule has 12 heteroatoms. The van der Waals surface area contributed by atoms with Gasteiger partial charge in [0.1, 0.15) is 0 Å². The van der Waals surface area contributed by atoms with E-state index in [-0.39, 0.29) is 32.9 Å². The van der Waals surface area contributed by atoms with E-state index in [9.17, 15) is 9.18 Å². The molecule has 0 saturated carbocycles. The zero-order chi connectivity index (χ0) is 36.9. The fourth-order valence-corrected chi connectivity index (χ4v) is 13.5. The quantitative estimate of drug-likeness (QED) is 0.170. The van der Waals surface area contributed by atoms with E-state index in [1.807, 2.05) is 27.7 Å². The number of unbranched alkanes of at least 4 members (excludes halogenated alkanes) is 3. The Kier molecular flexibility index (Phi) is 13.4. The maximum atomic E-state index is 17.1. The van der Waals surface area contributed by atoms with Crippen LogP contribution in [0, 0.1) is 5.82 Å². The molecule has 3 atom stereocenters. The van der Waals surface area contributed by atoms with Crippen molar-refractivity contribution >= 4 is 47.7 Å². The Morgan fingerprint density at radius 1 is 1.04 bits per heavy atom. The van der Waals surface area contributed by atoms with Gasteiger partial charge >= 0.3 is 295 Å². The summed E-state index contributed by atoms with van der Waals surface area (Å²) in [5.74, 6) is 0.221. The van der Waals surface area contributed by atoms with Crippen LogP contribution in [0.25, 0.3) is 10.9 Å². The number of rotatable bonds is 16. The van der Waals surface area contributed by atoms with Gasteiger partial charge in [-0.25, -0.2) is 0 Å². The number of anilines is 1. The molecule has 0 aliphatic carbocycles. The summed E-state index contributed by atoms with van der Waals surface area (Å²) in [6, 6.07) is 0.115. The third kappa shape index (κ3) is 9.95. The molecule has 3 aliphatic rings. The van der Waals surface area contributed by atoms with E-state index in [1.165, 1.54) is 0 Å². The summed E-state index contributed by atoms with van der Waals surface area (Å²) in [4.78, 5) is 31.8. The molecular formula is C39H62F2N6O3Sn. The second-order valence-electron chi connectivity index (χ2n) is 16.8. The van der Waals surface area contributed by atoms with Gasteiger partial charge in [-0.1, -0.05) is 0 Å². The molecule has 0 spiro atoms. The Bertz CT molecular complexity index is 1470. The summed E-state index contributed by atoms with van der Waals surface area (Å²) in [5, 5.41) is 3.65. The van der Waals surface area contributed by atoms with Crippen LogP contribution in [0.5, 0.6) is 6.01 Å². The van der Waals surface area contributed by atoms with Crippen LogP contribution in [0.1, 0.15) is 138 Å². The second-order valence-corrected chi connectivity index (χ2v) is 21.9. The van der Waals surface area contributed by atoms with E-state index >= 15 is 4.39 Å². The van der Waals surface area contributed by atoms with Crippen molar-refractivity contribution in [3.63, 3.8) is 0 Å². The Hall–Kier alpha value is -2.02. The molecule has 0 bridgehead atoms. The third-order valence-corrected chi connectivity index (χ3v) is 16.4. The number of hydrogen-bond donors (Lipinski definition) is 1. The fourth-order valence-electron chi connectivity index (χ4n) is 8.49. The summed E-state index contributed by atoms with van der Waals surface area (Å²) in [6.07, 6.45) is 14.5. The number of carbonyl (C=O) groups excluding carboxylic acids is 1. The van der Waals surface area contributed by atoms with Gasteiger partial charge in [-0.05, 0) is 20.8 Å². The van der Waals surface area contributed by atoms with Gasteiger partial charge in [0, 0.05) is 0 Å². The number of carbonyl (C=O) groups is 1. The van der Waals surface area contributed by atoms with Crippen LogP contribution in [0.15, 0.2) is 6.20 Å². The molecule has 9 nitrogen and oxygen atoms in total. The standard InChI is InChI=1S/C26H35F2N6O3.C13H27.Sn/c1-24(2,3)37-23(35)32-25(4)7-5-9-33(15-25)21-18-12-29-13-19(28)20(18)30-22(31-21)36-16-26-8-6-10-34(26)14-17(27)11-26;1-4-7-10-13(11-8-5-2)12-9-6-3;/h12,17H,5-11,14-16H2,1-4H3,(H,32,35);4-12H2,1-3H3;/t17-,25-,26+;;/m1../s1. The number of aromatic nitrogens is 3. The number of piperidine rings is 1. The molecule has 51 heavy (non-hydrogen) atoms. The second kappa shape index (κ2) is 17.0. The number of halogens is 2. The number of alkyl halides is 1. The van der Waals surface area contributed by atoms with Crippen LogP contribution >= 0.6 is 0 Å². The number of fused-ring (bicyclic) bond motifs is 2. The van der Waals surface area contributed by atoms with Crippen molar-refractivity contribution in [2.75, 3.05) is 37.7 Å². The Balaban J connectivity index is 1.52. The minimum atomic E-state index is -1.51. The van der Waals surface area contributed by atoms with Crippen LogP contribution in [-0.2, 0) is 4.74 Å². The number of amides is 1. The van der Waals surface area contributed by atoms with E-state index in [0.29, 0.717) is 41.0 Å². The number of alkyl carbamates (subject to hydrolysis) is 1. The van der Waals surface area contributed by atoms with Crippen molar-refractivity contribution in [3.8, 4) is 6.01 Å². The zero-order valence-electron chi connectivity index (χ0n) is 32.3. The molecule has 3 aliphatic heterocycles. The average molecular weight is 820 g/mol. The normalized spacial score (nSPS) is 24.3. The third-order valence-electron chi connectivity index (χ3n) is 11.1. The first-order valence-corrected chi connectivity index (χ1v) is 22.5. The van der Waals surface area contributed by atoms with Crippen LogP contribution < -0.4 is 18.7 Å². The SMILES string of the molecule is CCCC[C](CCCC)(CCCC)[Sn][c]1ncc2c(N3CCC[C@@](C)(NC(=O)OC(C)(C)C)C3)nc(OC[C@@]34CCCN3C[C@H](F)C4)nc2c1F. The van der Waals surface area contributed by atoms with Gasteiger partial charge in [-0.3, -0.25) is 0 Å². The molecule has 3 saturated heterocycles. The topological polar surface area (TPSA) is 92.7 Å². The summed E-state index contributed by atoms with van der Waals surface area (Å²) >= 11 is -1.51. The maximum absolute atomic E-state index is 17.1. The van der Waals surface area contributed by atoms with Gasteiger partial charge in [0.15, 0.2) is 0 Å². The summed E-state index contributed by atoms with van der Waals surface area (Å²) in [6.45, 7) is 16.9. The van der Waals surface area contributed by atoms with Crippen molar-refractivity contribution in [1.29, 1.82) is 0 Å². The van der Waals surface area contributed by atoms with Crippen LogP contribution in [0.2, 0.25) is 3.43 Å². The molecule has 5 heterocycles. The fraction of sp³-hybridized carbons (Fsp3) is 0.795. The molecule has 2 radical (unpaired) electrons. The van der Waals surface area contributed by atoms with Crippen molar-refractivity contribution in [2.24, 2.45) is 0 Å². The van der Waals surface area contributed by atoms with Gasteiger partial charge in [0.2, 0.25) is 0 Å². The predicted octanol–water partition coefficient (Wildman–Crippen LogP) is 8.06. The molecule has 2 aromatic heterocycles. The first-order valence-electron chi connectivity index (χ1n) is 19.7. The Morgan fingerprint density at radius 3 is 2.35 bits per heavy atom. The zero-order valence-corrected chi connectivity index (χ0v) is 35.2. The van der Waals surface area contributed by atoms with Gasteiger partial charge in [-0.2, -0.15) is 0 Å². The van der Waals surface area contributed by atoms with E-state index in [1.54, 1.807) is 6.20 Å². The van der Waals surface area contributed by atoms with Crippen molar-refractivity contribution in [2.45, 2.75) is 165 Å². The number of hydrogen-bond acceptors (Lipinski definition) is 8. The van der Waals surface area contributed by atoms with Crippen LogP contribution in [-0.4, -0.2) is 103 Å². The summed E-state index contributed by atoms with van der Waals surface area (Å²) in [5.41, 5.74) is -1.35. The average Bonchev–Trinajstić information content (AvgIpc) is 3.60. The molecule has 2 aromatic rings.